The van der Waals surface area contributed by atoms with Gasteiger partial charge in [0, 0.05) is 12.1 Å². The summed E-state index contributed by atoms with van der Waals surface area (Å²) in [5.41, 5.74) is 2.63. The minimum atomic E-state index is -0.348. The van der Waals surface area contributed by atoms with E-state index in [1.54, 1.807) is 0 Å². The van der Waals surface area contributed by atoms with Crippen molar-refractivity contribution < 1.29 is 5.11 Å². The van der Waals surface area contributed by atoms with Gasteiger partial charge in [-0.05, 0) is 19.9 Å². The lowest BCUT2D eigenvalue weighted by atomic mass is 9.89. The standard InChI is InChI=1S/C7H17N3O/c1-9-5-3-2-4-6(10-8)7(5)11/h5-7,9-11H,2-4,8H2,1H3/t5-,6+,7+/m0/s1. The van der Waals surface area contributed by atoms with Gasteiger partial charge in [-0.15, -0.1) is 0 Å². The van der Waals surface area contributed by atoms with E-state index in [1.807, 2.05) is 7.05 Å². The van der Waals surface area contributed by atoms with Gasteiger partial charge in [0.2, 0.25) is 0 Å². The van der Waals surface area contributed by atoms with E-state index in [1.165, 1.54) is 0 Å². The highest BCUT2D eigenvalue weighted by Gasteiger charge is 2.29. The van der Waals surface area contributed by atoms with Crippen molar-refractivity contribution >= 4 is 0 Å². The van der Waals surface area contributed by atoms with E-state index in [-0.39, 0.29) is 18.2 Å². The van der Waals surface area contributed by atoms with E-state index in [2.05, 4.69) is 10.7 Å². The number of aliphatic hydroxyl groups excluding tert-OH is 1. The Morgan fingerprint density at radius 3 is 2.55 bits per heavy atom. The van der Waals surface area contributed by atoms with Crippen LogP contribution < -0.4 is 16.6 Å². The molecule has 1 rings (SSSR count). The van der Waals surface area contributed by atoms with Crippen molar-refractivity contribution in [2.45, 2.75) is 37.5 Å². The molecule has 0 spiro atoms. The number of hydrogen-bond acceptors (Lipinski definition) is 4. The second-order valence-corrected chi connectivity index (χ2v) is 3.09. The van der Waals surface area contributed by atoms with Crippen LogP contribution in [0.2, 0.25) is 0 Å². The van der Waals surface area contributed by atoms with Crippen LogP contribution in [0.15, 0.2) is 0 Å². The second-order valence-electron chi connectivity index (χ2n) is 3.09. The van der Waals surface area contributed by atoms with Crippen LogP contribution in [0.25, 0.3) is 0 Å². The SMILES string of the molecule is CN[C@H]1CCC[C@@H](NN)[C@@H]1O. The molecule has 66 valence electrons. The van der Waals surface area contributed by atoms with Gasteiger partial charge in [0.15, 0.2) is 0 Å². The Morgan fingerprint density at radius 2 is 2.00 bits per heavy atom. The molecule has 0 bridgehead atoms. The molecule has 5 N–H and O–H groups in total. The summed E-state index contributed by atoms with van der Waals surface area (Å²) >= 11 is 0. The molecule has 11 heavy (non-hydrogen) atoms. The molecule has 0 aromatic carbocycles. The number of hydrazine groups is 1. The van der Waals surface area contributed by atoms with E-state index in [0.717, 1.165) is 19.3 Å². The summed E-state index contributed by atoms with van der Waals surface area (Å²) in [6, 6.07) is 0.256. The summed E-state index contributed by atoms with van der Waals surface area (Å²) in [5.74, 6) is 5.27. The molecule has 0 radical (unpaired) electrons. The second kappa shape index (κ2) is 4.01. The number of hydrogen-bond donors (Lipinski definition) is 4. The van der Waals surface area contributed by atoms with Crippen molar-refractivity contribution in [2.75, 3.05) is 7.05 Å². The molecule has 0 unspecified atom stereocenters. The largest absolute Gasteiger partial charge is 0.390 e. The van der Waals surface area contributed by atoms with E-state index < -0.39 is 0 Å². The summed E-state index contributed by atoms with van der Waals surface area (Å²) < 4.78 is 0. The van der Waals surface area contributed by atoms with E-state index >= 15 is 0 Å². The maximum atomic E-state index is 9.62. The van der Waals surface area contributed by atoms with Gasteiger partial charge in [0.05, 0.1) is 6.10 Å². The molecule has 4 heteroatoms. The van der Waals surface area contributed by atoms with Crippen molar-refractivity contribution in [1.82, 2.24) is 10.7 Å². The van der Waals surface area contributed by atoms with Gasteiger partial charge < -0.3 is 10.4 Å². The van der Waals surface area contributed by atoms with Gasteiger partial charge in [-0.25, -0.2) is 0 Å². The number of nitrogens with one attached hydrogen (secondary N) is 2. The van der Waals surface area contributed by atoms with E-state index in [9.17, 15) is 5.11 Å². The predicted octanol–water partition coefficient (Wildman–Crippen LogP) is -1.05. The highest BCUT2D eigenvalue weighted by molar-refractivity contribution is 4.88. The summed E-state index contributed by atoms with van der Waals surface area (Å²) in [4.78, 5) is 0. The Labute approximate surface area is 67.1 Å². The highest BCUT2D eigenvalue weighted by atomic mass is 16.3. The Morgan fingerprint density at radius 1 is 1.36 bits per heavy atom. The molecule has 1 fully saturated rings. The molecule has 0 heterocycles. The first-order valence-electron chi connectivity index (χ1n) is 4.11. The van der Waals surface area contributed by atoms with Gasteiger partial charge in [-0.2, -0.15) is 0 Å². The van der Waals surface area contributed by atoms with Crippen LogP contribution in [0.4, 0.5) is 0 Å². The topological polar surface area (TPSA) is 70.3 Å². The summed E-state index contributed by atoms with van der Waals surface area (Å²) in [6.07, 6.45) is 2.78. The molecule has 0 saturated heterocycles. The minimum Gasteiger partial charge on any atom is -0.390 e. The van der Waals surface area contributed by atoms with Crippen LogP contribution >= 0.6 is 0 Å². The van der Waals surface area contributed by atoms with E-state index in [4.69, 9.17) is 5.84 Å². The molecule has 0 aromatic rings. The number of nitrogens with two attached hydrogens (primary N) is 1. The molecular formula is C7H17N3O. The number of rotatable bonds is 2. The van der Waals surface area contributed by atoms with Crippen LogP contribution in [-0.2, 0) is 0 Å². The lowest BCUT2D eigenvalue weighted by Crippen LogP contribution is -2.55. The highest BCUT2D eigenvalue weighted by Crippen LogP contribution is 2.18. The lowest BCUT2D eigenvalue weighted by molar-refractivity contribution is 0.0606. The van der Waals surface area contributed by atoms with Crippen LogP contribution in [0.5, 0.6) is 0 Å². The third kappa shape index (κ3) is 1.90. The first-order chi connectivity index (χ1) is 5.29. The molecule has 0 aromatic heterocycles. The monoisotopic (exact) mass is 159 g/mol. The van der Waals surface area contributed by atoms with Crippen LogP contribution in [0.1, 0.15) is 19.3 Å². The summed E-state index contributed by atoms with van der Waals surface area (Å²) in [7, 11) is 1.87. The van der Waals surface area contributed by atoms with Gasteiger partial charge in [-0.1, -0.05) is 6.42 Å². The molecule has 1 saturated carbocycles. The zero-order valence-electron chi connectivity index (χ0n) is 6.88. The lowest BCUT2D eigenvalue weighted by Gasteiger charge is -2.33. The average molecular weight is 159 g/mol. The van der Waals surface area contributed by atoms with E-state index in [0.29, 0.717) is 0 Å². The maximum Gasteiger partial charge on any atom is 0.0859 e. The zero-order valence-corrected chi connectivity index (χ0v) is 6.88. The fourth-order valence-electron chi connectivity index (χ4n) is 1.68. The summed E-state index contributed by atoms with van der Waals surface area (Å²) in [6.45, 7) is 0. The van der Waals surface area contributed by atoms with Crippen LogP contribution in [-0.4, -0.2) is 30.3 Å². The Bertz CT molecular complexity index is 108. The molecule has 0 amide bonds. The average Bonchev–Trinajstić information content (AvgIpc) is 2.05. The molecule has 0 aliphatic heterocycles. The van der Waals surface area contributed by atoms with Crippen LogP contribution in [0.3, 0.4) is 0 Å². The first-order valence-corrected chi connectivity index (χ1v) is 4.11. The molecular weight excluding hydrogens is 142 g/mol. The first kappa shape index (κ1) is 8.93. The van der Waals surface area contributed by atoms with Gasteiger partial charge >= 0.3 is 0 Å². The quantitative estimate of drug-likeness (QED) is 0.306. The molecule has 4 nitrogen and oxygen atoms in total. The fourth-order valence-corrected chi connectivity index (χ4v) is 1.68. The van der Waals surface area contributed by atoms with Gasteiger partial charge in [-0.3, -0.25) is 11.3 Å². The van der Waals surface area contributed by atoms with Crippen molar-refractivity contribution in [3.05, 3.63) is 0 Å². The van der Waals surface area contributed by atoms with Gasteiger partial charge in [0.25, 0.3) is 0 Å². The third-order valence-corrected chi connectivity index (χ3v) is 2.44. The summed E-state index contributed by atoms with van der Waals surface area (Å²) in [5, 5.41) is 12.7. The van der Waals surface area contributed by atoms with Crippen molar-refractivity contribution in [2.24, 2.45) is 5.84 Å². The Balaban J connectivity index is 2.45. The maximum absolute atomic E-state index is 9.62. The Kier molecular flexibility index (Phi) is 3.26. The minimum absolute atomic E-state index is 0.0567. The third-order valence-electron chi connectivity index (χ3n) is 2.44. The predicted molar refractivity (Wildman–Crippen MR) is 43.8 cm³/mol. The van der Waals surface area contributed by atoms with Crippen molar-refractivity contribution in [3.8, 4) is 0 Å². The Hall–Kier alpha value is -0.160. The van der Waals surface area contributed by atoms with Crippen molar-refractivity contribution in [3.63, 3.8) is 0 Å². The molecule has 3 atom stereocenters. The van der Waals surface area contributed by atoms with Crippen LogP contribution in [0, 0.1) is 0 Å². The molecule has 1 aliphatic carbocycles. The normalized spacial score (nSPS) is 39.0. The smallest absolute Gasteiger partial charge is 0.0859 e. The number of likely N-dealkylation sites (N-methyl/N-ethyl adjacent to an activating group) is 1. The molecule has 1 aliphatic rings. The zero-order chi connectivity index (χ0) is 8.27. The number of aliphatic hydroxyl groups is 1. The van der Waals surface area contributed by atoms with Gasteiger partial charge in [0.1, 0.15) is 0 Å². The fraction of sp³-hybridized carbons (Fsp3) is 1.00. The van der Waals surface area contributed by atoms with Crippen molar-refractivity contribution in [1.29, 1.82) is 0 Å².